The molecule has 1 saturated carbocycles. The van der Waals surface area contributed by atoms with E-state index in [0.29, 0.717) is 5.91 Å². The number of rotatable bonds is 0. The first kappa shape index (κ1) is 16.8. The van der Waals surface area contributed by atoms with E-state index in [-0.39, 0.29) is 42.6 Å². The molecule has 1 spiro atoms. The Labute approximate surface area is 104 Å². The van der Waals surface area contributed by atoms with Crippen LogP contribution in [0.15, 0.2) is 0 Å². The van der Waals surface area contributed by atoms with Crippen molar-refractivity contribution in [2.45, 2.75) is 38.5 Å². The monoisotopic (exact) mass is 261 g/mol. The predicted molar refractivity (Wildman–Crippen MR) is 64.9 cm³/mol. The second-order valence-corrected chi connectivity index (χ2v) is 3.85. The van der Waals surface area contributed by atoms with Gasteiger partial charge in [-0.2, -0.15) is 0 Å². The van der Waals surface area contributed by atoms with Gasteiger partial charge in [0.2, 0.25) is 5.91 Å². The highest BCUT2D eigenvalue weighted by Gasteiger charge is 2.42. The average Bonchev–Trinajstić information content (AvgIpc) is 2.36. The number of carbonyl (C=O) groups is 1. The van der Waals surface area contributed by atoms with Gasteiger partial charge < -0.3 is 5.32 Å². The second kappa shape index (κ2) is 6.76. The Morgan fingerprint density at radius 1 is 0.929 bits per heavy atom. The molecule has 0 aromatic rings. The van der Waals surface area contributed by atoms with Crippen molar-refractivity contribution in [1.82, 2.24) is 5.32 Å². The summed E-state index contributed by atoms with van der Waals surface area (Å²) in [6.45, 7) is 0.916. The molecule has 2 aliphatic rings. The molecule has 2 fully saturated rings. The van der Waals surface area contributed by atoms with Gasteiger partial charge in [0.05, 0.1) is 5.41 Å². The zero-order valence-corrected chi connectivity index (χ0v) is 10.5. The molecule has 1 aliphatic heterocycles. The lowest BCUT2D eigenvalue weighted by molar-refractivity contribution is -0.129. The summed E-state index contributed by atoms with van der Waals surface area (Å²) >= 11 is 0. The van der Waals surface area contributed by atoms with Gasteiger partial charge in [-0.1, -0.05) is 19.3 Å². The molecule has 0 aromatic heterocycles. The van der Waals surface area contributed by atoms with Crippen molar-refractivity contribution in [1.29, 1.82) is 0 Å². The van der Waals surface area contributed by atoms with Crippen molar-refractivity contribution >= 4 is 43.1 Å². The first-order valence-corrected chi connectivity index (χ1v) is 4.62. The third-order valence-corrected chi connectivity index (χ3v) is 3.18. The standard InChI is InChI=1S/C9H15NO.3ClH/c11-8-9(6-7-10-8)4-2-1-3-5-9;;;/h1-7H2,(H,10,11);3*1H. The van der Waals surface area contributed by atoms with Crippen molar-refractivity contribution in [2.24, 2.45) is 5.41 Å². The maximum Gasteiger partial charge on any atom is 0.226 e. The van der Waals surface area contributed by atoms with Crippen LogP contribution < -0.4 is 5.32 Å². The summed E-state index contributed by atoms with van der Waals surface area (Å²) in [7, 11) is 0. The van der Waals surface area contributed by atoms with E-state index in [4.69, 9.17) is 0 Å². The van der Waals surface area contributed by atoms with E-state index in [1.807, 2.05) is 0 Å². The van der Waals surface area contributed by atoms with E-state index >= 15 is 0 Å². The lowest BCUT2D eigenvalue weighted by Crippen LogP contribution is -2.32. The van der Waals surface area contributed by atoms with Crippen molar-refractivity contribution < 1.29 is 4.79 Å². The Morgan fingerprint density at radius 2 is 1.50 bits per heavy atom. The molecule has 1 heterocycles. The molecule has 0 unspecified atom stereocenters. The molecule has 0 atom stereocenters. The van der Waals surface area contributed by atoms with Crippen molar-refractivity contribution in [3.63, 3.8) is 0 Å². The minimum absolute atomic E-state index is 0. The van der Waals surface area contributed by atoms with Crippen LogP contribution in [0.4, 0.5) is 0 Å². The van der Waals surface area contributed by atoms with E-state index in [0.717, 1.165) is 25.8 Å². The summed E-state index contributed by atoms with van der Waals surface area (Å²) in [5, 5.41) is 2.94. The Kier molecular flexibility index (Phi) is 8.09. The number of nitrogens with one attached hydrogen (secondary N) is 1. The fourth-order valence-electron chi connectivity index (χ4n) is 2.42. The molecule has 1 amide bonds. The average molecular weight is 263 g/mol. The number of amides is 1. The summed E-state index contributed by atoms with van der Waals surface area (Å²) in [6.07, 6.45) is 7.21. The Bertz CT molecular complexity index is 181. The molecule has 0 radical (unpaired) electrons. The van der Waals surface area contributed by atoms with Gasteiger partial charge in [0.1, 0.15) is 0 Å². The van der Waals surface area contributed by atoms with Crippen molar-refractivity contribution in [2.75, 3.05) is 6.54 Å². The zero-order chi connectivity index (χ0) is 7.73. The topological polar surface area (TPSA) is 29.1 Å². The molecule has 1 N–H and O–H groups in total. The Hall–Kier alpha value is 0.340. The first-order valence-electron chi connectivity index (χ1n) is 4.62. The third kappa shape index (κ3) is 2.91. The van der Waals surface area contributed by atoms with Crippen LogP contribution in [-0.2, 0) is 4.79 Å². The molecule has 86 valence electrons. The fraction of sp³-hybridized carbons (Fsp3) is 0.889. The minimum atomic E-state index is 0. The molecule has 0 aromatic carbocycles. The molecule has 2 rings (SSSR count). The highest BCUT2D eigenvalue weighted by atomic mass is 35.5. The van der Waals surface area contributed by atoms with E-state index in [1.165, 1.54) is 19.3 Å². The largest absolute Gasteiger partial charge is 0.356 e. The molecule has 1 saturated heterocycles. The Balaban J connectivity index is 0. The van der Waals surface area contributed by atoms with E-state index < -0.39 is 0 Å². The molecule has 5 heteroatoms. The lowest BCUT2D eigenvalue weighted by atomic mass is 9.73. The van der Waals surface area contributed by atoms with Crippen molar-refractivity contribution in [3.8, 4) is 0 Å². The predicted octanol–water partition coefficient (Wildman–Crippen LogP) is 2.72. The first-order chi connectivity index (χ1) is 5.33. The zero-order valence-electron chi connectivity index (χ0n) is 8.08. The summed E-state index contributed by atoms with van der Waals surface area (Å²) < 4.78 is 0. The van der Waals surface area contributed by atoms with Crippen LogP contribution in [0.5, 0.6) is 0 Å². The quantitative estimate of drug-likeness (QED) is 0.715. The van der Waals surface area contributed by atoms with Gasteiger partial charge in [-0.15, -0.1) is 37.2 Å². The lowest BCUT2D eigenvalue weighted by Gasteiger charge is -2.29. The smallest absolute Gasteiger partial charge is 0.226 e. The van der Waals surface area contributed by atoms with E-state index in [9.17, 15) is 4.79 Å². The highest BCUT2D eigenvalue weighted by Crippen LogP contribution is 2.41. The van der Waals surface area contributed by atoms with E-state index in [2.05, 4.69) is 5.32 Å². The number of hydrogen-bond acceptors (Lipinski definition) is 1. The van der Waals surface area contributed by atoms with Gasteiger partial charge in [0.15, 0.2) is 0 Å². The molecule has 0 bridgehead atoms. The summed E-state index contributed by atoms with van der Waals surface area (Å²) in [6, 6.07) is 0. The van der Waals surface area contributed by atoms with Gasteiger partial charge in [-0.05, 0) is 19.3 Å². The highest BCUT2D eigenvalue weighted by molar-refractivity contribution is 5.86. The fourth-order valence-corrected chi connectivity index (χ4v) is 2.42. The maximum absolute atomic E-state index is 11.4. The summed E-state index contributed by atoms with van der Waals surface area (Å²) in [4.78, 5) is 11.4. The van der Waals surface area contributed by atoms with Crippen LogP contribution in [0.2, 0.25) is 0 Å². The van der Waals surface area contributed by atoms with Crippen LogP contribution in [0, 0.1) is 5.41 Å². The van der Waals surface area contributed by atoms with Crippen LogP contribution in [-0.4, -0.2) is 12.5 Å². The molecular formula is C9H18Cl3NO. The number of halogens is 3. The van der Waals surface area contributed by atoms with Crippen LogP contribution in [0.3, 0.4) is 0 Å². The molecular weight excluding hydrogens is 244 g/mol. The normalized spacial score (nSPS) is 22.7. The third-order valence-electron chi connectivity index (χ3n) is 3.18. The molecule has 14 heavy (non-hydrogen) atoms. The summed E-state index contributed by atoms with van der Waals surface area (Å²) in [5.41, 5.74) is 0.0816. The minimum Gasteiger partial charge on any atom is -0.356 e. The number of hydrogen-bond donors (Lipinski definition) is 1. The van der Waals surface area contributed by atoms with Crippen LogP contribution in [0.25, 0.3) is 0 Å². The van der Waals surface area contributed by atoms with Gasteiger partial charge in [0.25, 0.3) is 0 Å². The number of carbonyl (C=O) groups excluding carboxylic acids is 1. The molecule has 2 nitrogen and oxygen atoms in total. The van der Waals surface area contributed by atoms with Crippen LogP contribution in [0.1, 0.15) is 38.5 Å². The summed E-state index contributed by atoms with van der Waals surface area (Å²) in [5.74, 6) is 0.331. The SMILES string of the molecule is Cl.Cl.Cl.O=C1NCCC12CCCCC2. The van der Waals surface area contributed by atoms with Crippen LogP contribution >= 0.6 is 37.2 Å². The van der Waals surface area contributed by atoms with Gasteiger partial charge >= 0.3 is 0 Å². The maximum atomic E-state index is 11.4. The Morgan fingerprint density at radius 3 is 1.93 bits per heavy atom. The van der Waals surface area contributed by atoms with Gasteiger partial charge in [-0.3, -0.25) is 4.79 Å². The van der Waals surface area contributed by atoms with Gasteiger partial charge in [-0.25, -0.2) is 0 Å². The van der Waals surface area contributed by atoms with E-state index in [1.54, 1.807) is 0 Å². The molecule has 1 aliphatic carbocycles. The van der Waals surface area contributed by atoms with Crippen molar-refractivity contribution in [3.05, 3.63) is 0 Å². The van der Waals surface area contributed by atoms with Gasteiger partial charge in [0, 0.05) is 6.54 Å². The second-order valence-electron chi connectivity index (χ2n) is 3.85.